The normalized spacial score (nSPS) is 12.7. The fraction of sp³-hybridized carbons (Fsp3) is 0. The molecular formula is C20H12Cl2N2O5S2. The number of fused-ring (bicyclic) bond motifs is 2. The number of phenols is 1. The first-order valence-electron chi connectivity index (χ1n) is 8.65. The molecule has 4 aromatic rings. The van der Waals surface area contributed by atoms with Gasteiger partial charge in [0.25, 0.3) is 18.1 Å². The average Bonchev–Trinajstić information content (AvgIpc) is 2.71. The number of rotatable bonds is 4. The molecule has 0 saturated carbocycles. The second-order valence-corrected chi connectivity index (χ2v) is 11.6. The van der Waals surface area contributed by atoms with E-state index in [9.17, 15) is 21.9 Å². The van der Waals surface area contributed by atoms with E-state index >= 15 is 0 Å². The molecule has 0 fully saturated rings. The molecule has 7 nitrogen and oxygen atoms in total. The van der Waals surface area contributed by atoms with Crippen LogP contribution in [0.25, 0.3) is 21.5 Å². The van der Waals surface area contributed by atoms with Crippen molar-refractivity contribution in [2.24, 2.45) is 10.2 Å². The Morgan fingerprint density at radius 3 is 1.68 bits per heavy atom. The lowest BCUT2D eigenvalue weighted by atomic mass is 10.1. The van der Waals surface area contributed by atoms with Crippen LogP contribution in [0.3, 0.4) is 0 Å². The molecule has 0 aromatic heterocycles. The van der Waals surface area contributed by atoms with E-state index < -0.39 is 18.1 Å². The van der Waals surface area contributed by atoms with Gasteiger partial charge in [-0.2, -0.15) is 0 Å². The molecule has 4 aromatic carbocycles. The Labute approximate surface area is 186 Å². The highest BCUT2D eigenvalue weighted by molar-refractivity contribution is 8.14. The number of hydrogen-bond donors (Lipinski definition) is 1. The van der Waals surface area contributed by atoms with Crippen LogP contribution in [0, 0.1) is 0 Å². The average molecular weight is 495 g/mol. The number of phenolic OH excluding ortho intramolecular Hbond substituents is 1. The van der Waals surface area contributed by atoms with Crippen molar-refractivity contribution in [2.45, 2.75) is 9.79 Å². The zero-order valence-electron chi connectivity index (χ0n) is 15.4. The Kier molecular flexibility index (Phi) is 5.38. The van der Waals surface area contributed by atoms with Crippen molar-refractivity contribution in [1.29, 1.82) is 0 Å². The van der Waals surface area contributed by atoms with Crippen LogP contribution in [0.2, 0.25) is 0 Å². The Morgan fingerprint density at radius 1 is 0.613 bits per heavy atom. The highest BCUT2D eigenvalue weighted by Crippen LogP contribution is 2.41. The van der Waals surface area contributed by atoms with Crippen molar-refractivity contribution in [1.82, 2.24) is 0 Å². The maximum Gasteiger partial charge on any atom is 0.262 e. The van der Waals surface area contributed by atoms with Gasteiger partial charge in [-0.15, -0.1) is 10.2 Å². The largest absolute Gasteiger partial charge is 0.505 e. The zero-order chi connectivity index (χ0) is 22.4. The molecule has 0 unspecified atom stereocenters. The molecule has 0 radical (unpaired) electrons. The third-order valence-electron chi connectivity index (χ3n) is 4.61. The molecule has 0 saturated heterocycles. The second kappa shape index (κ2) is 7.76. The molecule has 158 valence electrons. The monoisotopic (exact) mass is 494 g/mol. The predicted molar refractivity (Wildman–Crippen MR) is 120 cm³/mol. The lowest BCUT2D eigenvalue weighted by Gasteiger charge is -2.09. The van der Waals surface area contributed by atoms with Crippen LogP contribution in [0.15, 0.2) is 86.7 Å². The minimum Gasteiger partial charge on any atom is -0.505 e. The van der Waals surface area contributed by atoms with Crippen LogP contribution in [0.4, 0.5) is 11.4 Å². The summed E-state index contributed by atoms with van der Waals surface area (Å²) in [5.74, 6) is -0.271. The third-order valence-corrected chi connectivity index (χ3v) is 7.35. The molecule has 0 bridgehead atoms. The molecule has 0 aliphatic rings. The van der Waals surface area contributed by atoms with E-state index in [0.29, 0.717) is 16.5 Å². The van der Waals surface area contributed by atoms with Gasteiger partial charge in [-0.1, -0.05) is 48.5 Å². The van der Waals surface area contributed by atoms with Crippen LogP contribution in [0.5, 0.6) is 5.75 Å². The molecule has 0 heterocycles. The van der Waals surface area contributed by atoms with E-state index in [0.717, 1.165) is 6.07 Å². The molecule has 0 atom stereocenters. The summed E-state index contributed by atoms with van der Waals surface area (Å²) in [5, 5.41) is 20.0. The second-order valence-electron chi connectivity index (χ2n) is 6.49. The Morgan fingerprint density at radius 2 is 1.10 bits per heavy atom. The summed E-state index contributed by atoms with van der Waals surface area (Å²) in [6.45, 7) is 0. The molecule has 0 amide bonds. The smallest absolute Gasteiger partial charge is 0.262 e. The lowest BCUT2D eigenvalue weighted by Crippen LogP contribution is -1.93. The van der Waals surface area contributed by atoms with Crippen molar-refractivity contribution < 1.29 is 21.9 Å². The van der Waals surface area contributed by atoms with Gasteiger partial charge in [0.15, 0.2) is 5.75 Å². The standard InChI is InChI=1S/C20H12Cl2N2O5S2/c21-30(26,27)18-10-9-16(12-5-1-2-6-13(12)18)23-24-17-11-19(31(22,28)29)14-7-3-4-8-15(14)20(17)25/h1-11,25H/b24-23+. The van der Waals surface area contributed by atoms with Crippen LogP contribution in [-0.4, -0.2) is 21.9 Å². The first-order valence-corrected chi connectivity index (χ1v) is 13.3. The Balaban J connectivity index is 1.93. The minimum absolute atomic E-state index is 0.0761. The number of halogens is 2. The predicted octanol–water partition coefficient (Wildman–Crippen LogP) is 5.97. The van der Waals surface area contributed by atoms with Gasteiger partial charge >= 0.3 is 0 Å². The summed E-state index contributed by atoms with van der Waals surface area (Å²) in [5.41, 5.74) is 0.179. The first kappa shape index (κ1) is 21.5. The quantitative estimate of drug-likeness (QED) is 0.277. The van der Waals surface area contributed by atoms with E-state index in [-0.39, 0.29) is 32.0 Å². The fourth-order valence-corrected chi connectivity index (χ4v) is 5.40. The maximum atomic E-state index is 12.0. The van der Waals surface area contributed by atoms with Crippen molar-refractivity contribution in [3.8, 4) is 5.75 Å². The lowest BCUT2D eigenvalue weighted by molar-refractivity contribution is 0.482. The molecule has 0 spiro atoms. The highest BCUT2D eigenvalue weighted by Gasteiger charge is 2.20. The first-order chi connectivity index (χ1) is 14.6. The van der Waals surface area contributed by atoms with Gasteiger partial charge in [-0.05, 0) is 18.2 Å². The van der Waals surface area contributed by atoms with E-state index in [2.05, 4.69) is 10.2 Å². The minimum atomic E-state index is -4.13. The van der Waals surface area contributed by atoms with Gasteiger partial charge in [0.2, 0.25) is 0 Å². The molecule has 0 aliphatic heterocycles. The third kappa shape index (κ3) is 4.09. The van der Waals surface area contributed by atoms with Gasteiger partial charge in [-0.3, -0.25) is 0 Å². The molecule has 31 heavy (non-hydrogen) atoms. The fourth-order valence-electron chi connectivity index (χ4n) is 3.25. The molecule has 0 aliphatic carbocycles. The van der Waals surface area contributed by atoms with Crippen LogP contribution in [0.1, 0.15) is 0 Å². The van der Waals surface area contributed by atoms with Gasteiger partial charge in [0, 0.05) is 42.9 Å². The van der Waals surface area contributed by atoms with E-state index in [1.54, 1.807) is 36.4 Å². The number of aromatic hydroxyl groups is 1. The van der Waals surface area contributed by atoms with E-state index in [1.807, 2.05) is 0 Å². The van der Waals surface area contributed by atoms with Gasteiger partial charge in [0.1, 0.15) is 5.69 Å². The number of nitrogens with zero attached hydrogens (tertiary/aromatic N) is 2. The summed E-state index contributed by atoms with van der Waals surface area (Å²) >= 11 is 0. The van der Waals surface area contributed by atoms with E-state index in [4.69, 9.17) is 21.4 Å². The number of azo groups is 1. The van der Waals surface area contributed by atoms with Crippen LogP contribution >= 0.6 is 21.4 Å². The maximum absolute atomic E-state index is 12.0. The van der Waals surface area contributed by atoms with E-state index in [1.165, 1.54) is 24.3 Å². The van der Waals surface area contributed by atoms with Crippen molar-refractivity contribution >= 4 is 72.4 Å². The van der Waals surface area contributed by atoms with Crippen molar-refractivity contribution in [3.05, 3.63) is 66.7 Å². The van der Waals surface area contributed by atoms with Gasteiger partial charge < -0.3 is 5.11 Å². The van der Waals surface area contributed by atoms with Gasteiger partial charge in [-0.25, -0.2) is 16.8 Å². The van der Waals surface area contributed by atoms with Crippen LogP contribution in [-0.2, 0) is 18.1 Å². The molecule has 11 heteroatoms. The molecule has 1 N–H and O–H groups in total. The summed E-state index contributed by atoms with van der Waals surface area (Å²) < 4.78 is 47.8. The topological polar surface area (TPSA) is 113 Å². The SMILES string of the molecule is O=S(=O)(Cl)c1ccc(/N=N/c2cc(S(=O)(=O)Cl)c3ccccc3c2O)c2ccccc12. The van der Waals surface area contributed by atoms with Gasteiger partial charge in [0.05, 0.1) is 15.5 Å². The van der Waals surface area contributed by atoms with Crippen molar-refractivity contribution in [3.63, 3.8) is 0 Å². The van der Waals surface area contributed by atoms with Crippen molar-refractivity contribution in [2.75, 3.05) is 0 Å². The molecular weight excluding hydrogens is 483 g/mol. The number of benzene rings is 4. The summed E-state index contributed by atoms with van der Waals surface area (Å²) in [7, 11) is 2.96. The summed E-state index contributed by atoms with van der Waals surface area (Å²) in [6.07, 6.45) is 0. The Hall–Kier alpha value is -2.72. The van der Waals surface area contributed by atoms with Crippen LogP contribution < -0.4 is 0 Å². The molecule has 4 rings (SSSR count). The summed E-state index contributed by atoms with van der Waals surface area (Å²) in [6, 6.07) is 16.7. The highest BCUT2D eigenvalue weighted by atomic mass is 35.7. The Bertz CT molecular complexity index is 1600. The number of hydrogen-bond acceptors (Lipinski definition) is 7. The summed E-state index contributed by atoms with van der Waals surface area (Å²) in [4.78, 5) is -0.294. The zero-order valence-corrected chi connectivity index (χ0v) is 18.5.